The van der Waals surface area contributed by atoms with Crippen molar-refractivity contribution >= 4 is 11.0 Å². The molecule has 1 aliphatic heterocycles. The third kappa shape index (κ3) is 1.65. The van der Waals surface area contributed by atoms with Crippen LogP contribution >= 0.6 is 0 Å². The summed E-state index contributed by atoms with van der Waals surface area (Å²) >= 11 is 0. The maximum absolute atomic E-state index is 4.64. The molecule has 2 unspecified atom stereocenters. The van der Waals surface area contributed by atoms with Gasteiger partial charge in [-0.15, -0.1) is 0 Å². The molecule has 1 aromatic heterocycles. The van der Waals surface area contributed by atoms with Crippen molar-refractivity contribution in [3.8, 4) is 0 Å². The number of hydrogen-bond donors (Lipinski definition) is 1. The molecule has 2 aromatic rings. The fourth-order valence-electron chi connectivity index (χ4n) is 3.48. The van der Waals surface area contributed by atoms with Gasteiger partial charge in [-0.1, -0.05) is 19.1 Å². The highest BCUT2D eigenvalue weighted by molar-refractivity contribution is 5.74. The molecule has 0 bridgehead atoms. The number of benzene rings is 1. The van der Waals surface area contributed by atoms with Gasteiger partial charge in [-0.25, -0.2) is 4.98 Å². The number of para-hydroxylation sites is 2. The Balaban J connectivity index is 1.40. The first-order chi connectivity index (χ1) is 8.81. The van der Waals surface area contributed by atoms with Crippen molar-refractivity contribution < 1.29 is 0 Å². The van der Waals surface area contributed by atoms with Crippen LogP contribution in [0.4, 0.5) is 0 Å². The highest BCUT2D eigenvalue weighted by Gasteiger charge is 2.52. The van der Waals surface area contributed by atoms with Gasteiger partial charge in [0.05, 0.1) is 11.0 Å². The van der Waals surface area contributed by atoms with Crippen molar-refractivity contribution in [2.24, 2.45) is 17.8 Å². The van der Waals surface area contributed by atoms with Gasteiger partial charge in [-0.05, 0) is 29.9 Å². The normalized spacial score (nSPS) is 30.8. The van der Waals surface area contributed by atoms with Crippen LogP contribution in [0.15, 0.2) is 24.3 Å². The lowest BCUT2D eigenvalue weighted by molar-refractivity contribution is 0.291. The number of nitrogens with one attached hydrogen (secondary N) is 1. The second kappa shape index (κ2) is 3.82. The molecule has 1 aliphatic carbocycles. The monoisotopic (exact) mass is 241 g/mol. The largest absolute Gasteiger partial charge is 0.342 e. The first-order valence-electron chi connectivity index (χ1n) is 6.97. The van der Waals surface area contributed by atoms with Crippen LogP contribution in [0.25, 0.3) is 11.0 Å². The second-order valence-corrected chi connectivity index (χ2v) is 5.90. The van der Waals surface area contributed by atoms with Gasteiger partial charge < -0.3 is 9.88 Å². The fourth-order valence-corrected chi connectivity index (χ4v) is 3.48. The first-order valence-corrected chi connectivity index (χ1v) is 6.97. The summed E-state index contributed by atoms with van der Waals surface area (Å²) in [4.78, 5) is 10.6. The van der Waals surface area contributed by atoms with Crippen molar-refractivity contribution in [3.05, 3.63) is 30.1 Å². The molecule has 0 spiro atoms. The van der Waals surface area contributed by atoms with Gasteiger partial charge in [-0.2, -0.15) is 0 Å². The van der Waals surface area contributed by atoms with Crippen molar-refractivity contribution in [1.29, 1.82) is 0 Å². The molecular weight excluding hydrogens is 222 g/mol. The maximum Gasteiger partial charge on any atom is 0.108 e. The SMILES string of the molecule is CC1C2CN(CCc3nc4ccccc4[nH]3)CC12. The van der Waals surface area contributed by atoms with Crippen LogP contribution in [0.3, 0.4) is 0 Å². The van der Waals surface area contributed by atoms with Gasteiger partial charge in [0.2, 0.25) is 0 Å². The van der Waals surface area contributed by atoms with Gasteiger partial charge in [0.1, 0.15) is 5.82 Å². The Hall–Kier alpha value is -1.35. The second-order valence-electron chi connectivity index (χ2n) is 5.90. The predicted molar refractivity (Wildman–Crippen MR) is 72.4 cm³/mol. The number of piperidine rings is 1. The molecule has 2 aliphatic rings. The topological polar surface area (TPSA) is 31.9 Å². The summed E-state index contributed by atoms with van der Waals surface area (Å²) in [6, 6.07) is 8.27. The average molecular weight is 241 g/mol. The Bertz CT molecular complexity index is 529. The Morgan fingerprint density at radius 3 is 2.83 bits per heavy atom. The lowest BCUT2D eigenvalue weighted by Crippen LogP contribution is -2.26. The predicted octanol–water partition coefficient (Wildman–Crippen LogP) is 2.30. The summed E-state index contributed by atoms with van der Waals surface area (Å²) in [5, 5.41) is 0. The van der Waals surface area contributed by atoms with Crippen LogP contribution in [0.5, 0.6) is 0 Å². The number of likely N-dealkylation sites (tertiary alicyclic amines) is 1. The van der Waals surface area contributed by atoms with Crippen LogP contribution in [0.2, 0.25) is 0 Å². The minimum absolute atomic E-state index is 0.993. The Morgan fingerprint density at radius 1 is 1.28 bits per heavy atom. The smallest absolute Gasteiger partial charge is 0.108 e. The molecule has 1 N–H and O–H groups in total. The molecule has 3 nitrogen and oxygen atoms in total. The first kappa shape index (κ1) is 10.6. The summed E-state index contributed by atoms with van der Waals surface area (Å²) in [6.45, 7) is 6.17. The molecule has 1 saturated heterocycles. The van der Waals surface area contributed by atoms with Crippen LogP contribution in [0.1, 0.15) is 12.7 Å². The number of imidazole rings is 1. The van der Waals surface area contributed by atoms with E-state index in [0.29, 0.717) is 0 Å². The molecule has 94 valence electrons. The number of aromatic amines is 1. The zero-order valence-corrected chi connectivity index (χ0v) is 10.8. The Kier molecular flexibility index (Phi) is 2.24. The summed E-state index contributed by atoms with van der Waals surface area (Å²) in [5.41, 5.74) is 2.25. The summed E-state index contributed by atoms with van der Waals surface area (Å²) in [6.07, 6.45) is 1.04. The van der Waals surface area contributed by atoms with Crippen molar-refractivity contribution in [2.75, 3.05) is 19.6 Å². The van der Waals surface area contributed by atoms with E-state index in [9.17, 15) is 0 Å². The molecule has 2 fully saturated rings. The third-order valence-corrected chi connectivity index (χ3v) is 4.80. The number of aromatic nitrogens is 2. The lowest BCUT2D eigenvalue weighted by atomic mass is 10.3. The quantitative estimate of drug-likeness (QED) is 0.894. The third-order valence-electron chi connectivity index (χ3n) is 4.80. The van der Waals surface area contributed by atoms with E-state index in [1.165, 1.54) is 13.1 Å². The molecule has 1 saturated carbocycles. The highest BCUT2D eigenvalue weighted by Crippen LogP contribution is 2.50. The summed E-state index contributed by atoms with van der Waals surface area (Å²) in [7, 11) is 0. The van der Waals surface area contributed by atoms with E-state index in [1.807, 2.05) is 6.07 Å². The molecule has 3 heteroatoms. The fraction of sp³-hybridized carbons (Fsp3) is 0.533. The van der Waals surface area contributed by atoms with Gasteiger partial charge >= 0.3 is 0 Å². The molecule has 0 amide bonds. The molecule has 18 heavy (non-hydrogen) atoms. The molecule has 0 radical (unpaired) electrons. The number of nitrogens with zero attached hydrogens (tertiary/aromatic N) is 2. The molecule has 2 atom stereocenters. The minimum atomic E-state index is 0.993. The zero-order chi connectivity index (χ0) is 12.1. The van der Waals surface area contributed by atoms with Gasteiger partial charge in [0.15, 0.2) is 0 Å². The molecular formula is C15H19N3. The Morgan fingerprint density at radius 2 is 2.06 bits per heavy atom. The number of rotatable bonds is 3. The zero-order valence-electron chi connectivity index (χ0n) is 10.8. The molecule has 2 heterocycles. The van der Waals surface area contributed by atoms with E-state index < -0.39 is 0 Å². The van der Waals surface area contributed by atoms with Crippen molar-refractivity contribution in [1.82, 2.24) is 14.9 Å². The average Bonchev–Trinajstić information content (AvgIpc) is 2.83. The van der Waals surface area contributed by atoms with Crippen LogP contribution in [-0.2, 0) is 6.42 Å². The summed E-state index contributed by atoms with van der Waals surface area (Å²) < 4.78 is 0. The minimum Gasteiger partial charge on any atom is -0.342 e. The van der Waals surface area contributed by atoms with Gasteiger partial charge in [0, 0.05) is 26.1 Å². The van der Waals surface area contributed by atoms with Gasteiger partial charge in [-0.3, -0.25) is 0 Å². The maximum atomic E-state index is 4.64. The van der Waals surface area contributed by atoms with Crippen LogP contribution in [-0.4, -0.2) is 34.5 Å². The van der Waals surface area contributed by atoms with E-state index in [0.717, 1.165) is 47.6 Å². The van der Waals surface area contributed by atoms with Crippen LogP contribution in [0, 0.1) is 17.8 Å². The van der Waals surface area contributed by atoms with E-state index in [1.54, 1.807) is 0 Å². The van der Waals surface area contributed by atoms with Gasteiger partial charge in [0.25, 0.3) is 0 Å². The van der Waals surface area contributed by atoms with E-state index >= 15 is 0 Å². The Labute approximate surface area is 107 Å². The number of hydrogen-bond acceptors (Lipinski definition) is 2. The van der Waals surface area contributed by atoms with E-state index in [4.69, 9.17) is 0 Å². The highest BCUT2D eigenvalue weighted by atomic mass is 15.2. The standard InChI is InChI=1S/C15H19N3/c1-10-11-8-18(9-12(10)11)7-6-15-16-13-4-2-3-5-14(13)17-15/h2-5,10-12H,6-9H2,1H3,(H,16,17). The molecule has 4 rings (SSSR count). The van der Waals surface area contributed by atoms with E-state index in [-0.39, 0.29) is 0 Å². The number of H-pyrrole nitrogens is 1. The van der Waals surface area contributed by atoms with Crippen LogP contribution < -0.4 is 0 Å². The van der Waals surface area contributed by atoms with Crippen molar-refractivity contribution in [2.45, 2.75) is 13.3 Å². The summed E-state index contributed by atoms with van der Waals surface area (Å²) in [5.74, 6) is 4.12. The van der Waals surface area contributed by atoms with E-state index in [2.05, 4.69) is 40.0 Å². The lowest BCUT2D eigenvalue weighted by Gasteiger charge is -2.17. The molecule has 1 aromatic carbocycles. The number of fused-ring (bicyclic) bond motifs is 2. The van der Waals surface area contributed by atoms with Crippen molar-refractivity contribution in [3.63, 3.8) is 0 Å².